The molecule has 0 unspecified atom stereocenters. The lowest BCUT2D eigenvalue weighted by molar-refractivity contribution is 0.951. The van der Waals surface area contributed by atoms with Crippen LogP contribution in [0.1, 0.15) is 52.9 Å². The van der Waals surface area contributed by atoms with Crippen molar-refractivity contribution in [3.8, 4) is 0 Å². The molecule has 0 fully saturated rings. The molecule has 1 rings (SSSR count). The van der Waals surface area contributed by atoms with E-state index < -0.39 is 0 Å². The molecule has 0 spiro atoms. The van der Waals surface area contributed by atoms with E-state index in [4.69, 9.17) is 0 Å². The van der Waals surface area contributed by atoms with Crippen LogP contribution in [0.15, 0.2) is 34.9 Å². The third-order valence-corrected chi connectivity index (χ3v) is 2.89. The van der Waals surface area contributed by atoms with Gasteiger partial charge in [-0.25, -0.2) is 0 Å². The zero-order chi connectivity index (χ0) is 10.4. The molecule has 0 aromatic heterocycles. The van der Waals surface area contributed by atoms with Crippen LogP contribution in [0.5, 0.6) is 0 Å². The predicted octanol–water partition coefficient (Wildman–Crippen LogP) is 4.79. The van der Waals surface area contributed by atoms with Gasteiger partial charge in [-0.05, 0) is 37.7 Å². The lowest BCUT2D eigenvalue weighted by atomic mass is 10.0. The van der Waals surface area contributed by atoms with Gasteiger partial charge in [-0.3, -0.25) is 0 Å². The normalized spacial score (nSPS) is 16.9. The van der Waals surface area contributed by atoms with Crippen molar-refractivity contribution in [2.45, 2.75) is 52.9 Å². The molecule has 0 atom stereocenters. The van der Waals surface area contributed by atoms with Crippen LogP contribution in [-0.2, 0) is 0 Å². The Balaban J connectivity index is 2.61. The number of hydrogen-bond acceptors (Lipinski definition) is 0. The molecule has 0 aromatic rings. The summed E-state index contributed by atoms with van der Waals surface area (Å²) < 4.78 is 0. The Bertz CT molecular complexity index is 264. The molecule has 0 N–H and O–H groups in total. The van der Waals surface area contributed by atoms with Crippen molar-refractivity contribution in [3.05, 3.63) is 34.9 Å². The van der Waals surface area contributed by atoms with Crippen molar-refractivity contribution in [1.29, 1.82) is 0 Å². The second-order valence-electron chi connectivity index (χ2n) is 3.90. The van der Waals surface area contributed by atoms with Gasteiger partial charge in [-0.1, -0.05) is 50.1 Å². The Labute approximate surface area is 88.4 Å². The first kappa shape index (κ1) is 11.3. The lowest BCUT2D eigenvalue weighted by Gasteiger charge is -2.01. The molecule has 1 aliphatic carbocycles. The second kappa shape index (κ2) is 5.85. The highest BCUT2D eigenvalue weighted by atomic mass is 14.2. The van der Waals surface area contributed by atoms with Gasteiger partial charge in [0.15, 0.2) is 0 Å². The van der Waals surface area contributed by atoms with E-state index in [-0.39, 0.29) is 0 Å². The highest BCUT2D eigenvalue weighted by Crippen LogP contribution is 2.31. The lowest BCUT2D eigenvalue weighted by Crippen LogP contribution is -1.82. The zero-order valence-corrected chi connectivity index (χ0v) is 9.77. The number of allylic oxidation sites excluding steroid dienone is 6. The van der Waals surface area contributed by atoms with Crippen LogP contribution in [0, 0.1) is 0 Å². The van der Waals surface area contributed by atoms with Crippen molar-refractivity contribution < 1.29 is 0 Å². The molecule has 0 radical (unpaired) electrons. The largest absolute Gasteiger partial charge is 0.0885 e. The molecule has 0 heterocycles. The van der Waals surface area contributed by atoms with E-state index in [9.17, 15) is 0 Å². The van der Waals surface area contributed by atoms with Gasteiger partial charge in [0.25, 0.3) is 0 Å². The minimum Gasteiger partial charge on any atom is -0.0885 e. The number of rotatable bonds is 5. The minimum atomic E-state index is 1.14. The van der Waals surface area contributed by atoms with Crippen molar-refractivity contribution in [1.82, 2.24) is 0 Å². The summed E-state index contributed by atoms with van der Waals surface area (Å²) in [5, 5.41) is 0. The van der Waals surface area contributed by atoms with Crippen LogP contribution in [0.2, 0.25) is 0 Å². The first-order valence-electron chi connectivity index (χ1n) is 5.87. The Hall–Kier alpha value is -0.780. The molecule has 1 aliphatic rings. The van der Waals surface area contributed by atoms with Crippen LogP contribution in [0.3, 0.4) is 0 Å². The van der Waals surface area contributed by atoms with E-state index in [1.54, 1.807) is 16.7 Å². The fourth-order valence-electron chi connectivity index (χ4n) is 1.95. The first-order chi connectivity index (χ1) is 6.81. The van der Waals surface area contributed by atoms with Gasteiger partial charge in [0.1, 0.15) is 0 Å². The molecule has 14 heavy (non-hydrogen) atoms. The van der Waals surface area contributed by atoms with Crippen molar-refractivity contribution in [2.75, 3.05) is 0 Å². The van der Waals surface area contributed by atoms with Crippen molar-refractivity contribution >= 4 is 0 Å². The Morgan fingerprint density at radius 3 is 2.50 bits per heavy atom. The van der Waals surface area contributed by atoms with Crippen LogP contribution in [-0.4, -0.2) is 0 Å². The van der Waals surface area contributed by atoms with Gasteiger partial charge in [0.05, 0.1) is 0 Å². The van der Waals surface area contributed by atoms with Gasteiger partial charge < -0.3 is 0 Å². The van der Waals surface area contributed by atoms with E-state index in [1.807, 2.05) is 0 Å². The molecule has 0 saturated heterocycles. The van der Waals surface area contributed by atoms with Gasteiger partial charge in [-0.15, -0.1) is 0 Å². The molecule has 0 bridgehead atoms. The van der Waals surface area contributed by atoms with E-state index in [1.165, 1.54) is 19.3 Å². The Kier molecular flexibility index (Phi) is 4.72. The molecule has 0 aliphatic heterocycles. The quantitative estimate of drug-likeness (QED) is 0.547. The van der Waals surface area contributed by atoms with Gasteiger partial charge in [0.2, 0.25) is 0 Å². The predicted molar refractivity (Wildman–Crippen MR) is 64.4 cm³/mol. The van der Waals surface area contributed by atoms with E-state index in [0.29, 0.717) is 0 Å². The molecule has 0 heteroatoms. The van der Waals surface area contributed by atoms with Crippen LogP contribution in [0.25, 0.3) is 0 Å². The molecular formula is C14H22. The van der Waals surface area contributed by atoms with Gasteiger partial charge >= 0.3 is 0 Å². The monoisotopic (exact) mass is 190 g/mol. The van der Waals surface area contributed by atoms with Gasteiger partial charge in [0, 0.05) is 0 Å². The van der Waals surface area contributed by atoms with E-state index in [2.05, 4.69) is 39.0 Å². The third-order valence-electron chi connectivity index (χ3n) is 2.89. The number of hydrogen-bond donors (Lipinski definition) is 0. The summed E-state index contributed by atoms with van der Waals surface area (Å²) in [6.45, 7) is 6.71. The summed E-state index contributed by atoms with van der Waals surface area (Å²) >= 11 is 0. The summed E-state index contributed by atoms with van der Waals surface area (Å²) in [6.07, 6.45) is 12.9. The summed E-state index contributed by atoms with van der Waals surface area (Å²) in [7, 11) is 0. The molecule has 0 aromatic carbocycles. The molecular weight excluding hydrogens is 168 g/mol. The maximum Gasteiger partial charge on any atom is -0.00978 e. The average molecular weight is 190 g/mol. The Morgan fingerprint density at radius 1 is 1.14 bits per heavy atom. The first-order valence-corrected chi connectivity index (χ1v) is 5.87. The maximum absolute atomic E-state index is 2.42. The summed E-state index contributed by atoms with van der Waals surface area (Å²) in [6, 6.07) is 0. The smallest absolute Gasteiger partial charge is 0.00978 e. The maximum atomic E-state index is 2.42. The highest BCUT2D eigenvalue weighted by Gasteiger charge is 2.11. The topological polar surface area (TPSA) is 0 Å². The Morgan fingerprint density at radius 2 is 1.93 bits per heavy atom. The van der Waals surface area contributed by atoms with E-state index in [0.717, 1.165) is 12.8 Å². The zero-order valence-electron chi connectivity index (χ0n) is 9.77. The van der Waals surface area contributed by atoms with Crippen molar-refractivity contribution in [3.63, 3.8) is 0 Å². The van der Waals surface area contributed by atoms with E-state index >= 15 is 0 Å². The molecule has 0 saturated carbocycles. The molecule has 0 nitrogen and oxygen atoms in total. The third kappa shape index (κ3) is 2.87. The average Bonchev–Trinajstić information content (AvgIpc) is 2.61. The molecule has 78 valence electrons. The highest BCUT2D eigenvalue weighted by molar-refractivity contribution is 5.40. The SMILES string of the molecule is CCC=CCC1=C(CC)CC(CC)=C1. The fraction of sp³-hybridized carbons (Fsp3) is 0.571. The van der Waals surface area contributed by atoms with Crippen LogP contribution < -0.4 is 0 Å². The minimum absolute atomic E-state index is 1.14. The van der Waals surface area contributed by atoms with Crippen LogP contribution in [0.4, 0.5) is 0 Å². The standard InChI is InChI=1S/C14H22/c1-4-7-8-9-14-11-12(5-2)10-13(14)6-3/h7-8,11H,4-6,9-10H2,1-3H3. The summed E-state index contributed by atoms with van der Waals surface area (Å²) in [4.78, 5) is 0. The van der Waals surface area contributed by atoms with Crippen molar-refractivity contribution in [2.24, 2.45) is 0 Å². The fourth-order valence-corrected chi connectivity index (χ4v) is 1.95. The van der Waals surface area contributed by atoms with Crippen LogP contribution >= 0.6 is 0 Å². The summed E-state index contributed by atoms with van der Waals surface area (Å²) in [5.74, 6) is 0. The molecule has 0 amide bonds. The van der Waals surface area contributed by atoms with Gasteiger partial charge in [-0.2, -0.15) is 0 Å². The second-order valence-corrected chi connectivity index (χ2v) is 3.90. The summed E-state index contributed by atoms with van der Waals surface area (Å²) in [5.41, 5.74) is 4.85.